The van der Waals surface area contributed by atoms with Crippen molar-refractivity contribution in [3.05, 3.63) is 65.7 Å². The molecule has 0 amide bonds. The Morgan fingerprint density at radius 2 is 1.88 bits per heavy atom. The van der Waals surface area contributed by atoms with Gasteiger partial charge in [-0.1, -0.05) is 42.5 Å². The lowest BCUT2D eigenvalue weighted by molar-refractivity contribution is 0.265. The minimum absolute atomic E-state index is 0. The zero-order valence-electron chi connectivity index (χ0n) is 15.3. The Bertz CT molecular complexity index is 665. The number of aliphatic hydroxyl groups is 1. The molecule has 0 saturated heterocycles. The van der Waals surface area contributed by atoms with Crippen LogP contribution < -0.4 is 15.4 Å². The summed E-state index contributed by atoms with van der Waals surface area (Å²) in [6.45, 7) is 4.07. The van der Waals surface area contributed by atoms with Crippen LogP contribution in [0.2, 0.25) is 0 Å². The van der Waals surface area contributed by atoms with Crippen LogP contribution in [0.4, 0.5) is 0 Å². The summed E-state index contributed by atoms with van der Waals surface area (Å²) in [5.74, 6) is 1.59. The highest BCUT2D eigenvalue weighted by atomic mass is 127. The average Bonchev–Trinajstić information content (AvgIpc) is 2.67. The van der Waals surface area contributed by atoms with Crippen molar-refractivity contribution in [2.75, 3.05) is 26.8 Å². The van der Waals surface area contributed by atoms with Crippen LogP contribution in [0.25, 0.3) is 0 Å². The lowest BCUT2D eigenvalue weighted by Crippen LogP contribution is -2.39. The molecule has 1 unspecified atom stereocenters. The van der Waals surface area contributed by atoms with Crippen LogP contribution in [0.5, 0.6) is 5.75 Å². The van der Waals surface area contributed by atoms with Crippen LogP contribution >= 0.6 is 24.0 Å². The van der Waals surface area contributed by atoms with Gasteiger partial charge in [-0.3, -0.25) is 0 Å². The molecule has 0 aliphatic rings. The van der Waals surface area contributed by atoms with E-state index in [0.717, 1.165) is 29.4 Å². The molecule has 2 aromatic carbocycles. The molecule has 0 aromatic heterocycles. The van der Waals surface area contributed by atoms with Crippen molar-refractivity contribution in [3.63, 3.8) is 0 Å². The molecule has 3 N–H and O–H groups in total. The molecule has 0 bridgehead atoms. The van der Waals surface area contributed by atoms with E-state index in [4.69, 9.17) is 4.74 Å². The number of aliphatic hydroxyl groups excluding tert-OH is 1. The Morgan fingerprint density at radius 3 is 2.54 bits per heavy atom. The summed E-state index contributed by atoms with van der Waals surface area (Å²) in [5.41, 5.74) is 2.19. The van der Waals surface area contributed by atoms with Gasteiger partial charge in [0.2, 0.25) is 0 Å². The number of rotatable bonds is 8. The number of guanidine groups is 1. The number of hydrogen-bond acceptors (Lipinski definition) is 3. The van der Waals surface area contributed by atoms with Crippen LogP contribution in [0, 0.1) is 0 Å². The Morgan fingerprint density at radius 1 is 1.12 bits per heavy atom. The summed E-state index contributed by atoms with van der Waals surface area (Å²) >= 11 is 0. The Balaban J connectivity index is 0.00000338. The quantitative estimate of drug-likeness (QED) is 0.316. The van der Waals surface area contributed by atoms with Crippen LogP contribution in [0.15, 0.2) is 59.6 Å². The molecule has 0 aliphatic carbocycles. The summed E-state index contributed by atoms with van der Waals surface area (Å²) in [7, 11) is 1.66. The number of halogens is 1. The molecular formula is C20H28IN3O2. The SMILES string of the molecule is CCNC(=NCc1cccc(OC)c1)NCC(CO)c1ccccc1.I. The van der Waals surface area contributed by atoms with Gasteiger partial charge >= 0.3 is 0 Å². The summed E-state index contributed by atoms with van der Waals surface area (Å²) in [5, 5.41) is 16.2. The normalized spacial score (nSPS) is 12.0. The van der Waals surface area contributed by atoms with E-state index in [2.05, 4.69) is 15.6 Å². The summed E-state index contributed by atoms with van der Waals surface area (Å²) in [6.07, 6.45) is 0. The number of hydrogen-bond donors (Lipinski definition) is 3. The first-order valence-corrected chi connectivity index (χ1v) is 8.57. The Kier molecular flexibility index (Phi) is 10.7. The third-order valence-corrected chi connectivity index (χ3v) is 3.91. The first-order chi connectivity index (χ1) is 12.3. The van der Waals surface area contributed by atoms with E-state index in [1.807, 2.05) is 61.5 Å². The van der Waals surface area contributed by atoms with Gasteiger partial charge < -0.3 is 20.5 Å². The zero-order chi connectivity index (χ0) is 17.9. The van der Waals surface area contributed by atoms with Crippen molar-refractivity contribution in [2.45, 2.75) is 19.4 Å². The third kappa shape index (κ3) is 7.21. The van der Waals surface area contributed by atoms with Crippen LogP contribution in [-0.2, 0) is 6.54 Å². The fourth-order valence-corrected chi connectivity index (χ4v) is 2.52. The summed E-state index contributed by atoms with van der Waals surface area (Å²) < 4.78 is 5.24. The van der Waals surface area contributed by atoms with Gasteiger partial charge in [0.25, 0.3) is 0 Å². The minimum Gasteiger partial charge on any atom is -0.497 e. The number of methoxy groups -OCH3 is 1. The largest absolute Gasteiger partial charge is 0.497 e. The van der Waals surface area contributed by atoms with E-state index < -0.39 is 0 Å². The standard InChI is InChI=1S/C20H27N3O2.HI/c1-3-21-20(22-13-16-8-7-11-19(12-16)25-2)23-14-18(15-24)17-9-5-4-6-10-17;/h4-12,18,24H,3,13-15H2,1-2H3,(H2,21,22,23);1H. The van der Waals surface area contributed by atoms with Crippen molar-refractivity contribution in [2.24, 2.45) is 4.99 Å². The molecule has 0 radical (unpaired) electrons. The number of ether oxygens (including phenoxy) is 1. The van der Waals surface area contributed by atoms with Gasteiger partial charge in [0.05, 0.1) is 20.3 Å². The summed E-state index contributed by atoms with van der Waals surface area (Å²) in [4.78, 5) is 4.62. The van der Waals surface area contributed by atoms with Crippen molar-refractivity contribution in [3.8, 4) is 5.75 Å². The highest BCUT2D eigenvalue weighted by Gasteiger charge is 2.10. The monoisotopic (exact) mass is 469 g/mol. The second-order valence-corrected chi connectivity index (χ2v) is 5.72. The van der Waals surface area contributed by atoms with Crippen LogP contribution in [0.1, 0.15) is 24.0 Å². The van der Waals surface area contributed by atoms with Gasteiger partial charge in [0.15, 0.2) is 5.96 Å². The lowest BCUT2D eigenvalue weighted by Gasteiger charge is -2.18. The highest BCUT2D eigenvalue weighted by Crippen LogP contribution is 2.14. The topological polar surface area (TPSA) is 65.9 Å². The van der Waals surface area contributed by atoms with Crippen LogP contribution in [0.3, 0.4) is 0 Å². The second kappa shape index (κ2) is 12.5. The maximum atomic E-state index is 9.67. The second-order valence-electron chi connectivity index (χ2n) is 5.72. The molecule has 0 spiro atoms. The number of nitrogens with one attached hydrogen (secondary N) is 2. The van der Waals surface area contributed by atoms with Crippen molar-refractivity contribution >= 4 is 29.9 Å². The van der Waals surface area contributed by atoms with E-state index in [0.29, 0.717) is 13.1 Å². The van der Waals surface area contributed by atoms with E-state index in [-0.39, 0.29) is 36.5 Å². The Labute approximate surface area is 172 Å². The molecule has 2 rings (SSSR count). The molecule has 142 valence electrons. The molecule has 0 fully saturated rings. The minimum atomic E-state index is 0. The third-order valence-electron chi connectivity index (χ3n) is 3.91. The van der Waals surface area contributed by atoms with Crippen molar-refractivity contribution < 1.29 is 9.84 Å². The molecule has 0 saturated carbocycles. The van der Waals surface area contributed by atoms with Crippen LogP contribution in [-0.4, -0.2) is 37.9 Å². The van der Waals surface area contributed by atoms with E-state index in [9.17, 15) is 5.11 Å². The molecule has 0 heterocycles. The van der Waals surface area contributed by atoms with Crippen molar-refractivity contribution in [1.82, 2.24) is 10.6 Å². The van der Waals surface area contributed by atoms with E-state index >= 15 is 0 Å². The maximum Gasteiger partial charge on any atom is 0.191 e. The lowest BCUT2D eigenvalue weighted by atomic mass is 10.0. The molecule has 1 atom stereocenters. The highest BCUT2D eigenvalue weighted by molar-refractivity contribution is 14.0. The zero-order valence-corrected chi connectivity index (χ0v) is 17.6. The number of benzene rings is 2. The van der Waals surface area contributed by atoms with Gasteiger partial charge in [-0.2, -0.15) is 0 Å². The molecule has 0 aliphatic heterocycles. The Hall–Kier alpha value is -1.80. The maximum absolute atomic E-state index is 9.67. The molecule has 26 heavy (non-hydrogen) atoms. The van der Waals surface area contributed by atoms with E-state index in [1.54, 1.807) is 7.11 Å². The molecule has 6 heteroatoms. The predicted molar refractivity (Wildman–Crippen MR) is 117 cm³/mol. The van der Waals surface area contributed by atoms with Crippen molar-refractivity contribution in [1.29, 1.82) is 0 Å². The molecular weight excluding hydrogens is 441 g/mol. The molecule has 5 nitrogen and oxygen atoms in total. The average molecular weight is 469 g/mol. The predicted octanol–water partition coefficient (Wildman–Crippen LogP) is 3.14. The first kappa shape index (κ1) is 22.2. The van der Waals surface area contributed by atoms with E-state index in [1.165, 1.54) is 0 Å². The number of aliphatic imine (C=N–C) groups is 1. The van der Waals surface area contributed by atoms with Gasteiger partial charge in [-0.25, -0.2) is 4.99 Å². The van der Waals surface area contributed by atoms with Gasteiger partial charge in [-0.15, -0.1) is 24.0 Å². The molecule has 2 aromatic rings. The number of nitrogens with zero attached hydrogens (tertiary/aromatic N) is 1. The summed E-state index contributed by atoms with van der Waals surface area (Å²) in [6, 6.07) is 17.9. The van der Waals surface area contributed by atoms with Gasteiger partial charge in [-0.05, 0) is 30.2 Å². The fourth-order valence-electron chi connectivity index (χ4n) is 2.52. The fraction of sp³-hybridized carbons (Fsp3) is 0.350. The first-order valence-electron chi connectivity index (χ1n) is 8.57. The smallest absolute Gasteiger partial charge is 0.191 e. The van der Waals surface area contributed by atoms with Gasteiger partial charge in [0, 0.05) is 19.0 Å². The van der Waals surface area contributed by atoms with Gasteiger partial charge in [0.1, 0.15) is 5.75 Å².